The fourth-order valence-electron chi connectivity index (χ4n) is 3.13. The summed E-state index contributed by atoms with van der Waals surface area (Å²) in [7, 11) is 2.21. The Morgan fingerprint density at radius 2 is 1.55 bits per heavy atom. The minimum absolute atomic E-state index is 0.352. The third-order valence-electron chi connectivity index (χ3n) is 4.25. The molecule has 0 saturated carbocycles. The lowest BCUT2D eigenvalue weighted by molar-refractivity contribution is 0.282. The van der Waals surface area contributed by atoms with E-state index in [1.54, 1.807) is 0 Å². The Labute approximate surface area is 131 Å². The third kappa shape index (κ3) is 4.73. The average Bonchev–Trinajstić information content (AvgIpc) is 2.47. The number of rotatable bonds is 9. The van der Waals surface area contributed by atoms with Gasteiger partial charge in [-0.3, -0.25) is 0 Å². The van der Waals surface area contributed by atoms with Gasteiger partial charge >= 0.3 is 0 Å². The van der Waals surface area contributed by atoms with Crippen molar-refractivity contribution in [2.75, 3.05) is 24.2 Å². The van der Waals surface area contributed by atoms with Gasteiger partial charge in [-0.05, 0) is 48.1 Å². The van der Waals surface area contributed by atoms with E-state index in [9.17, 15) is 0 Å². The molecule has 2 heteroatoms. The van der Waals surface area contributed by atoms with Gasteiger partial charge in [-0.15, -0.1) is 0 Å². The van der Waals surface area contributed by atoms with Gasteiger partial charge < -0.3 is 4.90 Å². The van der Waals surface area contributed by atoms with Crippen LogP contribution in [-0.2, 0) is 6.42 Å². The predicted molar refractivity (Wildman–Crippen MR) is 95.2 cm³/mol. The lowest BCUT2D eigenvalue weighted by Gasteiger charge is -2.37. The monoisotopic (exact) mass is 293 g/mol. The van der Waals surface area contributed by atoms with E-state index in [0.29, 0.717) is 5.41 Å². The van der Waals surface area contributed by atoms with Crippen molar-refractivity contribution in [2.24, 2.45) is 5.41 Å². The first-order valence-corrected chi connectivity index (χ1v) is 8.65. The molecule has 0 aliphatic heterocycles. The summed E-state index contributed by atoms with van der Waals surface area (Å²) in [6, 6.07) is 8.99. The molecule has 0 aliphatic rings. The van der Waals surface area contributed by atoms with Crippen molar-refractivity contribution >= 4 is 18.3 Å². The summed E-state index contributed by atoms with van der Waals surface area (Å²) in [4.78, 5) is 2.40. The number of benzene rings is 1. The number of thiol groups is 1. The molecule has 0 atom stereocenters. The summed E-state index contributed by atoms with van der Waals surface area (Å²) in [6.07, 6.45) is 6.12. The predicted octanol–water partition coefficient (Wildman–Crippen LogP) is 5.20. The largest absolute Gasteiger partial charge is 0.374 e. The molecule has 1 aromatic rings. The van der Waals surface area contributed by atoms with Crippen LogP contribution in [0, 0.1) is 5.41 Å². The first kappa shape index (κ1) is 17.4. The zero-order valence-corrected chi connectivity index (χ0v) is 14.5. The Balaban J connectivity index is 2.80. The Morgan fingerprint density at radius 1 is 1.00 bits per heavy atom. The topological polar surface area (TPSA) is 3.24 Å². The zero-order valence-electron chi connectivity index (χ0n) is 13.7. The van der Waals surface area contributed by atoms with Gasteiger partial charge in [0.15, 0.2) is 0 Å². The second-order valence-electron chi connectivity index (χ2n) is 6.03. The Hall–Kier alpha value is -0.630. The second kappa shape index (κ2) is 8.61. The number of hydrogen-bond donors (Lipinski definition) is 1. The summed E-state index contributed by atoms with van der Waals surface area (Å²) in [5.74, 6) is 0.978. The quantitative estimate of drug-likeness (QED) is 0.612. The standard InChI is InChI=1S/C18H31NS/c1-5-12-18(15-20,13-6-2)14-19(4)17-10-8-16(7-3)9-11-17/h8-11,20H,5-7,12-15H2,1-4H3. The average molecular weight is 294 g/mol. The Kier molecular flexibility index (Phi) is 7.50. The summed E-state index contributed by atoms with van der Waals surface area (Å²) in [5, 5.41) is 0. The van der Waals surface area contributed by atoms with Gasteiger partial charge in [-0.25, -0.2) is 0 Å². The summed E-state index contributed by atoms with van der Waals surface area (Å²) in [5.41, 5.74) is 3.08. The lowest BCUT2D eigenvalue weighted by atomic mass is 9.80. The summed E-state index contributed by atoms with van der Waals surface area (Å²) in [6.45, 7) is 7.87. The molecule has 0 amide bonds. The Morgan fingerprint density at radius 3 is 1.95 bits per heavy atom. The minimum atomic E-state index is 0.352. The maximum atomic E-state index is 4.66. The van der Waals surface area contributed by atoms with Crippen molar-refractivity contribution in [2.45, 2.75) is 52.9 Å². The molecule has 0 saturated heterocycles. The zero-order chi connectivity index (χ0) is 15.0. The molecule has 0 spiro atoms. The van der Waals surface area contributed by atoms with E-state index < -0.39 is 0 Å². The molecule has 0 radical (unpaired) electrons. The van der Waals surface area contributed by atoms with Crippen molar-refractivity contribution in [3.63, 3.8) is 0 Å². The van der Waals surface area contributed by atoms with Crippen LogP contribution in [0.25, 0.3) is 0 Å². The van der Waals surface area contributed by atoms with E-state index in [1.165, 1.54) is 36.9 Å². The highest BCUT2D eigenvalue weighted by Gasteiger charge is 2.28. The first-order chi connectivity index (χ1) is 9.60. The minimum Gasteiger partial charge on any atom is -0.374 e. The smallest absolute Gasteiger partial charge is 0.0363 e. The van der Waals surface area contributed by atoms with Gasteiger partial charge in [-0.2, -0.15) is 12.6 Å². The molecular formula is C18H31NS. The summed E-state index contributed by atoms with van der Waals surface area (Å²) >= 11 is 4.66. The Bertz CT molecular complexity index is 366. The number of nitrogens with zero attached hydrogens (tertiary/aromatic N) is 1. The normalized spacial score (nSPS) is 11.7. The van der Waals surface area contributed by atoms with Gasteiger partial charge in [0.05, 0.1) is 0 Å². The van der Waals surface area contributed by atoms with Crippen molar-refractivity contribution in [1.29, 1.82) is 0 Å². The van der Waals surface area contributed by atoms with Crippen molar-refractivity contribution in [1.82, 2.24) is 0 Å². The number of anilines is 1. The van der Waals surface area contributed by atoms with E-state index in [2.05, 4.69) is 69.6 Å². The SMILES string of the molecule is CCCC(CS)(CCC)CN(C)c1ccc(CC)cc1. The van der Waals surface area contributed by atoms with Crippen LogP contribution in [0.15, 0.2) is 24.3 Å². The molecule has 0 aromatic heterocycles. The van der Waals surface area contributed by atoms with Gasteiger partial charge in [-0.1, -0.05) is 45.7 Å². The molecule has 1 rings (SSSR count). The molecule has 0 fully saturated rings. The van der Waals surface area contributed by atoms with Crippen LogP contribution in [0.5, 0.6) is 0 Å². The molecule has 1 nitrogen and oxygen atoms in total. The van der Waals surface area contributed by atoms with Crippen LogP contribution in [-0.4, -0.2) is 19.3 Å². The molecule has 1 aromatic carbocycles. The van der Waals surface area contributed by atoms with Crippen molar-refractivity contribution in [3.05, 3.63) is 29.8 Å². The third-order valence-corrected chi connectivity index (χ3v) is 4.92. The van der Waals surface area contributed by atoms with E-state index in [4.69, 9.17) is 0 Å². The van der Waals surface area contributed by atoms with Crippen molar-refractivity contribution < 1.29 is 0 Å². The number of hydrogen-bond acceptors (Lipinski definition) is 2. The molecular weight excluding hydrogens is 262 g/mol. The van der Waals surface area contributed by atoms with E-state index in [0.717, 1.165) is 18.7 Å². The van der Waals surface area contributed by atoms with Crippen LogP contribution < -0.4 is 4.90 Å². The van der Waals surface area contributed by atoms with E-state index in [1.807, 2.05) is 0 Å². The highest BCUT2D eigenvalue weighted by atomic mass is 32.1. The van der Waals surface area contributed by atoms with Crippen LogP contribution in [0.3, 0.4) is 0 Å². The van der Waals surface area contributed by atoms with Crippen LogP contribution in [0.2, 0.25) is 0 Å². The van der Waals surface area contributed by atoms with E-state index in [-0.39, 0.29) is 0 Å². The van der Waals surface area contributed by atoms with E-state index >= 15 is 0 Å². The van der Waals surface area contributed by atoms with Gasteiger partial charge in [0.1, 0.15) is 0 Å². The van der Waals surface area contributed by atoms with Crippen LogP contribution >= 0.6 is 12.6 Å². The summed E-state index contributed by atoms with van der Waals surface area (Å²) < 4.78 is 0. The van der Waals surface area contributed by atoms with Crippen molar-refractivity contribution in [3.8, 4) is 0 Å². The molecule has 0 heterocycles. The molecule has 0 bridgehead atoms. The fourth-order valence-corrected chi connectivity index (χ4v) is 3.55. The second-order valence-corrected chi connectivity index (χ2v) is 6.35. The molecule has 0 N–H and O–H groups in total. The van der Waals surface area contributed by atoms with Crippen LogP contribution in [0.4, 0.5) is 5.69 Å². The fraction of sp³-hybridized carbons (Fsp3) is 0.667. The molecule has 0 unspecified atom stereocenters. The van der Waals surface area contributed by atoms with Gasteiger partial charge in [0.2, 0.25) is 0 Å². The molecule has 0 aliphatic carbocycles. The molecule has 20 heavy (non-hydrogen) atoms. The lowest BCUT2D eigenvalue weighted by Crippen LogP contribution is -2.37. The first-order valence-electron chi connectivity index (χ1n) is 8.01. The maximum absolute atomic E-state index is 4.66. The molecule has 114 valence electrons. The van der Waals surface area contributed by atoms with Gasteiger partial charge in [0.25, 0.3) is 0 Å². The van der Waals surface area contributed by atoms with Crippen LogP contribution in [0.1, 0.15) is 52.0 Å². The highest BCUT2D eigenvalue weighted by molar-refractivity contribution is 7.80. The number of aryl methyl sites for hydroxylation is 1. The highest BCUT2D eigenvalue weighted by Crippen LogP contribution is 2.33. The maximum Gasteiger partial charge on any atom is 0.0363 e. The van der Waals surface area contributed by atoms with Gasteiger partial charge in [0, 0.05) is 19.3 Å².